The Balaban J connectivity index is 1.25. The molecule has 4 aliphatic rings. The van der Waals surface area contributed by atoms with Gasteiger partial charge in [0.15, 0.2) is 6.29 Å². The molecule has 7 rings (SSSR count). The van der Waals surface area contributed by atoms with Crippen LogP contribution in [0.2, 0.25) is 0 Å². The number of fused-ring (bicyclic) bond motifs is 6. The summed E-state index contributed by atoms with van der Waals surface area (Å²) in [4.78, 5) is 17.4. The molecule has 1 aromatic carbocycles. The van der Waals surface area contributed by atoms with Gasteiger partial charge in [0.25, 0.3) is 0 Å². The molecule has 0 bridgehead atoms. The van der Waals surface area contributed by atoms with E-state index < -0.39 is 46.5 Å². The highest BCUT2D eigenvalue weighted by Crippen LogP contribution is 2.68. The highest BCUT2D eigenvalue weighted by atomic mass is 19.1. The molecule has 2 aliphatic carbocycles. The van der Waals surface area contributed by atoms with E-state index in [4.69, 9.17) is 18.6 Å². The Hall–Kier alpha value is -3.11. The second kappa shape index (κ2) is 9.19. The van der Waals surface area contributed by atoms with Crippen LogP contribution in [0.3, 0.4) is 0 Å². The Bertz CT molecular complexity index is 1550. The van der Waals surface area contributed by atoms with Gasteiger partial charge in [0, 0.05) is 40.9 Å². The molecule has 9 atom stereocenters. The maximum Gasteiger partial charge on any atom is 0.345 e. The minimum Gasteiger partial charge on any atom is -0.484 e. The van der Waals surface area contributed by atoms with Crippen molar-refractivity contribution >= 4 is 0 Å². The lowest BCUT2D eigenvalue weighted by Crippen LogP contribution is -2.71. The molecule has 4 heterocycles. The predicted molar refractivity (Wildman–Crippen MR) is 145 cm³/mol. The number of nitrogens with zero attached hydrogens (tertiary/aromatic N) is 1. The zero-order chi connectivity index (χ0) is 28.7. The minimum absolute atomic E-state index is 0.0669. The minimum atomic E-state index is -1.22. The maximum absolute atomic E-state index is 14.5. The number of halogens is 1. The van der Waals surface area contributed by atoms with Crippen LogP contribution in [0, 0.1) is 28.5 Å². The summed E-state index contributed by atoms with van der Waals surface area (Å²) in [6, 6.07) is 11.6. The number of pyridine rings is 1. The fourth-order valence-electron chi connectivity index (χ4n) is 8.54. The summed E-state index contributed by atoms with van der Waals surface area (Å²) >= 11 is 0. The first-order valence-corrected chi connectivity index (χ1v) is 14.2. The Kier molecular flexibility index (Phi) is 6.00. The van der Waals surface area contributed by atoms with Gasteiger partial charge in [0.1, 0.15) is 28.5 Å². The lowest BCUT2D eigenvalue weighted by molar-refractivity contribution is -0.330. The predicted octanol–water partition coefficient (Wildman–Crippen LogP) is 4.94. The Morgan fingerprint density at radius 3 is 2.63 bits per heavy atom. The van der Waals surface area contributed by atoms with Crippen LogP contribution in [0.4, 0.5) is 4.39 Å². The first-order valence-electron chi connectivity index (χ1n) is 14.2. The zero-order valence-electron chi connectivity index (χ0n) is 23.2. The van der Waals surface area contributed by atoms with Crippen LogP contribution in [-0.2, 0) is 9.47 Å². The number of hydrogen-bond acceptors (Lipinski definition) is 8. The van der Waals surface area contributed by atoms with E-state index >= 15 is 0 Å². The highest BCUT2D eigenvalue weighted by molar-refractivity contribution is 5.59. The molecule has 216 valence electrons. The average molecular weight is 564 g/mol. The maximum atomic E-state index is 14.5. The van der Waals surface area contributed by atoms with Gasteiger partial charge in [0.05, 0.1) is 24.9 Å². The molecule has 0 radical (unpaired) electrons. The Morgan fingerprint density at radius 2 is 1.88 bits per heavy atom. The molecule has 0 unspecified atom stereocenters. The van der Waals surface area contributed by atoms with Crippen LogP contribution >= 0.6 is 0 Å². The SMILES string of the molecule is C[C@@]12CO[C@@H](c3ccccc3F)O[C@H]1CC[C@@]1(C)[C@H]2C[C@H](O)[C@@]2(C)Oc3cc(-c4cccnc4)oc(=O)c3[C@H](O)[C@H]12. The van der Waals surface area contributed by atoms with E-state index in [1.54, 1.807) is 48.8 Å². The summed E-state index contributed by atoms with van der Waals surface area (Å²) in [5.74, 6) is -0.628. The summed E-state index contributed by atoms with van der Waals surface area (Å²) in [5, 5.41) is 23.6. The lowest BCUT2D eigenvalue weighted by Gasteiger charge is -2.67. The molecule has 2 N–H and O–H groups in total. The largest absolute Gasteiger partial charge is 0.484 e. The quantitative estimate of drug-likeness (QED) is 0.451. The average Bonchev–Trinajstić information content (AvgIpc) is 2.94. The molecule has 3 aromatic rings. The number of rotatable bonds is 2. The molecular weight excluding hydrogens is 529 g/mol. The summed E-state index contributed by atoms with van der Waals surface area (Å²) in [5.41, 5.74) is -1.86. The van der Waals surface area contributed by atoms with Crippen molar-refractivity contribution in [2.24, 2.45) is 22.7 Å². The van der Waals surface area contributed by atoms with E-state index in [1.807, 2.05) is 6.92 Å². The van der Waals surface area contributed by atoms with Gasteiger partial charge in [-0.15, -0.1) is 0 Å². The first kappa shape index (κ1) is 26.8. The van der Waals surface area contributed by atoms with Crippen molar-refractivity contribution < 1.29 is 33.2 Å². The number of aliphatic hydroxyl groups excluding tert-OH is 2. The molecule has 2 aromatic heterocycles. The first-order chi connectivity index (χ1) is 19.6. The summed E-state index contributed by atoms with van der Waals surface area (Å²) in [6.07, 6.45) is 1.69. The van der Waals surface area contributed by atoms with E-state index in [0.29, 0.717) is 37.0 Å². The van der Waals surface area contributed by atoms with Crippen LogP contribution in [0.25, 0.3) is 11.3 Å². The van der Waals surface area contributed by atoms with Gasteiger partial charge in [0.2, 0.25) is 0 Å². The van der Waals surface area contributed by atoms with Gasteiger partial charge in [-0.1, -0.05) is 32.0 Å². The molecule has 0 amide bonds. The number of ether oxygens (including phenoxy) is 3. The van der Waals surface area contributed by atoms with Crippen LogP contribution < -0.4 is 10.4 Å². The van der Waals surface area contributed by atoms with E-state index in [-0.39, 0.29) is 34.9 Å². The molecule has 0 spiro atoms. The molecule has 1 saturated heterocycles. The fourth-order valence-corrected chi connectivity index (χ4v) is 8.54. The van der Waals surface area contributed by atoms with E-state index in [9.17, 15) is 19.4 Å². The van der Waals surface area contributed by atoms with Gasteiger partial charge in [-0.05, 0) is 55.7 Å². The number of benzene rings is 1. The van der Waals surface area contributed by atoms with Crippen LogP contribution in [0.15, 0.2) is 64.1 Å². The lowest BCUT2D eigenvalue weighted by atomic mass is 9.42. The summed E-state index contributed by atoms with van der Waals surface area (Å²) in [6.45, 7) is 6.33. The van der Waals surface area contributed by atoms with Gasteiger partial charge >= 0.3 is 5.63 Å². The number of hydrogen-bond donors (Lipinski definition) is 2. The molecule has 8 nitrogen and oxygen atoms in total. The van der Waals surface area contributed by atoms with Crippen LogP contribution in [-0.4, -0.2) is 39.6 Å². The molecule has 3 fully saturated rings. The normalized spacial score (nSPS) is 39.5. The second-order valence-corrected chi connectivity index (χ2v) is 12.8. The van der Waals surface area contributed by atoms with Crippen molar-refractivity contribution in [3.63, 3.8) is 0 Å². The summed E-state index contributed by atoms with van der Waals surface area (Å²) < 4.78 is 39.3. The van der Waals surface area contributed by atoms with Crippen molar-refractivity contribution in [3.05, 3.63) is 82.2 Å². The van der Waals surface area contributed by atoms with E-state index in [1.165, 1.54) is 6.07 Å². The van der Waals surface area contributed by atoms with Crippen LogP contribution in [0.1, 0.15) is 63.6 Å². The molecule has 9 heteroatoms. The molecule has 41 heavy (non-hydrogen) atoms. The van der Waals surface area contributed by atoms with Crippen LogP contribution in [0.5, 0.6) is 5.75 Å². The highest BCUT2D eigenvalue weighted by Gasteiger charge is 2.70. The number of aromatic nitrogens is 1. The molecular formula is C32H34FNO7. The summed E-state index contributed by atoms with van der Waals surface area (Å²) in [7, 11) is 0. The smallest absolute Gasteiger partial charge is 0.345 e. The van der Waals surface area contributed by atoms with E-state index in [0.717, 1.165) is 0 Å². The van der Waals surface area contributed by atoms with Gasteiger partial charge in [-0.2, -0.15) is 0 Å². The van der Waals surface area contributed by atoms with Crippen molar-refractivity contribution in [1.29, 1.82) is 0 Å². The van der Waals surface area contributed by atoms with Crippen molar-refractivity contribution in [2.45, 2.75) is 70.2 Å². The Morgan fingerprint density at radius 1 is 1.07 bits per heavy atom. The third kappa shape index (κ3) is 3.79. The van der Waals surface area contributed by atoms with Crippen molar-refractivity contribution in [3.8, 4) is 17.1 Å². The topological polar surface area (TPSA) is 111 Å². The zero-order valence-corrected chi connectivity index (χ0v) is 23.2. The van der Waals surface area contributed by atoms with Gasteiger partial charge in [-0.25, -0.2) is 9.18 Å². The third-order valence-corrected chi connectivity index (χ3v) is 10.6. The monoisotopic (exact) mass is 563 g/mol. The second-order valence-electron chi connectivity index (χ2n) is 12.8. The molecule has 2 saturated carbocycles. The standard InChI is InChI=1S/C32H34FNO7/c1-30-11-10-24-31(2,16-38-29(40-24)18-8-4-5-9-19(18)33)22(30)14-23(35)32(3)27(30)26(36)25-21(41-32)13-20(39-28(25)37)17-7-6-12-34-15-17/h4-9,12-13,15,22-24,26-27,29,35-36H,10-11,14,16H2,1-3H3/t22-,23+,24+,26+,27-,29-,30+,31+,32-/m1/s1. The fraction of sp³-hybridized carbons (Fsp3) is 0.500. The van der Waals surface area contributed by atoms with Gasteiger partial charge < -0.3 is 28.8 Å². The Labute approximate surface area is 237 Å². The van der Waals surface area contributed by atoms with Crippen molar-refractivity contribution in [2.75, 3.05) is 6.61 Å². The third-order valence-electron chi connectivity index (χ3n) is 10.6. The van der Waals surface area contributed by atoms with Gasteiger partial charge in [-0.3, -0.25) is 4.98 Å². The molecule has 2 aliphatic heterocycles. The van der Waals surface area contributed by atoms with E-state index in [2.05, 4.69) is 18.8 Å². The van der Waals surface area contributed by atoms with Crippen molar-refractivity contribution in [1.82, 2.24) is 4.98 Å². The number of aliphatic hydroxyl groups is 2.